The monoisotopic (exact) mass is 485 g/mol. The Hall–Kier alpha value is -2.69. The normalized spacial score (nSPS) is 33.6. The standard InChI is InChI=1S/C18H21FN5O8P/c1-10(2)30-16(25)27-9-29-33(26)28-6-12-14(32-33)17(4,19)18(7-20,31-12)13-5-21-15-11(3)22-8-23-24(13)15/h5,8,10,12,14H,6,9H2,1-4H3/t12-,14-,17-,18+,33?/m1/s1. The molecule has 33 heavy (non-hydrogen) atoms. The molecule has 2 fully saturated rings. The van der Waals surface area contributed by atoms with Crippen molar-refractivity contribution < 1.29 is 41.5 Å². The number of fused-ring (bicyclic) bond motifs is 2. The van der Waals surface area contributed by atoms with E-state index in [-0.39, 0.29) is 5.69 Å². The molecule has 0 N–H and O–H groups in total. The van der Waals surface area contributed by atoms with E-state index in [4.69, 9.17) is 23.0 Å². The number of alkyl halides is 1. The van der Waals surface area contributed by atoms with Crippen molar-refractivity contribution in [3.05, 3.63) is 23.9 Å². The lowest BCUT2D eigenvalue weighted by atomic mass is 9.82. The lowest BCUT2D eigenvalue weighted by Gasteiger charge is -2.34. The van der Waals surface area contributed by atoms with Gasteiger partial charge in [0.05, 0.1) is 24.6 Å². The minimum Gasteiger partial charge on any atom is -0.432 e. The van der Waals surface area contributed by atoms with Crippen molar-refractivity contribution in [2.45, 2.75) is 57.3 Å². The van der Waals surface area contributed by atoms with Crippen LogP contribution in [0, 0.1) is 18.3 Å². The zero-order chi connectivity index (χ0) is 24.0. The van der Waals surface area contributed by atoms with Gasteiger partial charge in [0, 0.05) is 0 Å². The van der Waals surface area contributed by atoms with Crippen LogP contribution in [0.4, 0.5) is 9.18 Å². The summed E-state index contributed by atoms with van der Waals surface area (Å²) in [5.74, 6) is 0. The van der Waals surface area contributed by atoms with E-state index in [1.165, 1.54) is 17.0 Å². The van der Waals surface area contributed by atoms with Crippen molar-refractivity contribution in [2.75, 3.05) is 13.4 Å². The summed E-state index contributed by atoms with van der Waals surface area (Å²) in [6.07, 6.45) is -1.62. The molecular weight excluding hydrogens is 464 g/mol. The molecule has 2 aromatic rings. The average Bonchev–Trinajstić information content (AvgIpc) is 3.26. The molecule has 0 bridgehead atoms. The minimum absolute atomic E-state index is 0.00372. The predicted octanol–water partition coefficient (Wildman–Crippen LogP) is 2.34. The number of aryl methyl sites for hydroxylation is 1. The molecule has 0 spiro atoms. The zero-order valence-corrected chi connectivity index (χ0v) is 19.0. The number of rotatable bonds is 5. The number of hydrogen-bond acceptors (Lipinski definition) is 12. The number of hydrogen-bond donors (Lipinski definition) is 0. The van der Waals surface area contributed by atoms with Crippen LogP contribution in [0.5, 0.6) is 0 Å². The maximum absolute atomic E-state index is 16.3. The molecule has 13 nitrogen and oxygen atoms in total. The predicted molar refractivity (Wildman–Crippen MR) is 104 cm³/mol. The summed E-state index contributed by atoms with van der Waals surface area (Å²) in [5.41, 5.74) is -3.94. The van der Waals surface area contributed by atoms with Gasteiger partial charge in [-0.05, 0) is 27.7 Å². The summed E-state index contributed by atoms with van der Waals surface area (Å²) < 4.78 is 61.0. The van der Waals surface area contributed by atoms with E-state index >= 15 is 4.39 Å². The fourth-order valence-corrected chi connectivity index (χ4v) is 5.00. The molecular formula is C18H21FN5O8P. The number of phosphoric ester groups is 1. The Morgan fingerprint density at radius 3 is 2.94 bits per heavy atom. The first-order valence-electron chi connectivity index (χ1n) is 9.88. The molecule has 15 heteroatoms. The molecule has 4 rings (SSSR count). The van der Waals surface area contributed by atoms with Crippen molar-refractivity contribution in [1.82, 2.24) is 19.6 Å². The van der Waals surface area contributed by atoms with Gasteiger partial charge < -0.3 is 14.2 Å². The van der Waals surface area contributed by atoms with Crippen molar-refractivity contribution in [2.24, 2.45) is 0 Å². The third kappa shape index (κ3) is 3.85. The van der Waals surface area contributed by atoms with Crippen molar-refractivity contribution >= 4 is 19.6 Å². The summed E-state index contributed by atoms with van der Waals surface area (Å²) in [6, 6.07) is 1.87. The summed E-state index contributed by atoms with van der Waals surface area (Å²) in [6.45, 7) is 4.75. The molecule has 0 aromatic carbocycles. The van der Waals surface area contributed by atoms with Crippen LogP contribution in [0.1, 0.15) is 32.2 Å². The van der Waals surface area contributed by atoms with Crippen LogP contribution in [-0.2, 0) is 37.9 Å². The van der Waals surface area contributed by atoms with Crippen LogP contribution in [-0.4, -0.2) is 63.1 Å². The molecule has 178 valence electrons. The zero-order valence-electron chi connectivity index (χ0n) is 18.1. The van der Waals surface area contributed by atoms with Crippen LogP contribution in [0.2, 0.25) is 0 Å². The second-order valence-corrected chi connectivity index (χ2v) is 9.45. The van der Waals surface area contributed by atoms with Crippen molar-refractivity contribution in [3.8, 4) is 6.07 Å². The highest BCUT2D eigenvalue weighted by Gasteiger charge is 2.71. The SMILES string of the molecule is Cc1ncnn2c([C@]3(C#N)O[C@@H]4COP(=O)(OCOC(=O)OC(C)C)O[C@H]4[C@@]3(C)F)cnc12. The molecule has 0 aliphatic carbocycles. The first-order chi connectivity index (χ1) is 15.5. The Bertz CT molecular complexity index is 1170. The highest BCUT2D eigenvalue weighted by atomic mass is 31.2. The maximum Gasteiger partial charge on any atom is 0.510 e. The van der Waals surface area contributed by atoms with Crippen LogP contribution in [0.15, 0.2) is 12.5 Å². The Kier molecular flexibility index (Phi) is 5.88. The lowest BCUT2D eigenvalue weighted by Crippen LogP contribution is -2.50. The van der Waals surface area contributed by atoms with Gasteiger partial charge in [-0.1, -0.05) is 0 Å². The van der Waals surface area contributed by atoms with Crippen LogP contribution < -0.4 is 0 Å². The van der Waals surface area contributed by atoms with Gasteiger partial charge in [0.15, 0.2) is 11.3 Å². The smallest absolute Gasteiger partial charge is 0.432 e. The summed E-state index contributed by atoms with van der Waals surface area (Å²) in [4.78, 5) is 19.6. The van der Waals surface area contributed by atoms with E-state index < -0.39 is 57.0 Å². The van der Waals surface area contributed by atoms with Gasteiger partial charge in [-0.3, -0.25) is 9.05 Å². The van der Waals surface area contributed by atoms with Gasteiger partial charge in [0.25, 0.3) is 0 Å². The molecule has 5 atom stereocenters. The minimum atomic E-state index is -4.36. The molecule has 2 saturated heterocycles. The second kappa shape index (κ2) is 8.27. The van der Waals surface area contributed by atoms with Gasteiger partial charge in [-0.15, -0.1) is 0 Å². The quantitative estimate of drug-likeness (QED) is 0.346. The van der Waals surface area contributed by atoms with Crippen molar-refractivity contribution in [3.63, 3.8) is 0 Å². The van der Waals surface area contributed by atoms with E-state index in [1.807, 2.05) is 6.07 Å². The van der Waals surface area contributed by atoms with Crippen LogP contribution >= 0.6 is 7.82 Å². The molecule has 2 aliphatic rings. The third-order valence-corrected chi connectivity index (χ3v) is 6.62. The topological polar surface area (TPSA) is 156 Å². The highest BCUT2D eigenvalue weighted by Crippen LogP contribution is 2.61. The molecule has 1 unspecified atom stereocenters. The largest absolute Gasteiger partial charge is 0.510 e. The van der Waals surface area contributed by atoms with E-state index in [9.17, 15) is 14.6 Å². The summed E-state index contributed by atoms with van der Waals surface area (Å²) >= 11 is 0. The third-order valence-electron chi connectivity index (χ3n) is 5.25. The number of ether oxygens (including phenoxy) is 3. The molecule has 4 heterocycles. The lowest BCUT2D eigenvalue weighted by molar-refractivity contribution is -0.0873. The van der Waals surface area contributed by atoms with Gasteiger partial charge in [0.2, 0.25) is 12.4 Å². The van der Waals surface area contributed by atoms with E-state index in [2.05, 4.69) is 19.8 Å². The fourth-order valence-electron chi connectivity index (χ4n) is 3.68. The molecule has 0 amide bonds. The van der Waals surface area contributed by atoms with Gasteiger partial charge in [-0.2, -0.15) is 10.4 Å². The van der Waals surface area contributed by atoms with Crippen molar-refractivity contribution in [1.29, 1.82) is 5.26 Å². The number of carbonyl (C=O) groups is 1. The molecule has 2 aromatic heterocycles. The number of carbonyl (C=O) groups excluding carboxylic acids is 1. The van der Waals surface area contributed by atoms with E-state index in [0.717, 1.165) is 6.92 Å². The maximum atomic E-state index is 16.3. The van der Waals surface area contributed by atoms with E-state index in [0.29, 0.717) is 11.3 Å². The van der Waals surface area contributed by atoms with Crippen LogP contribution in [0.25, 0.3) is 5.65 Å². The second-order valence-electron chi connectivity index (χ2n) is 7.83. The molecule has 2 aliphatic heterocycles. The Morgan fingerprint density at radius 1 is 1.48 bits per heavy atom. The Labute approximate surface area is 187 Å². The van der Waals surface area contributed by atoms with Gasteiger partial charge in [-0.25, -0.2) is 32.8 Å². The average molecular weight is 485 g/mol. The number of nitrogens with zero attached hydrogens (tertiary/aromatic N) is 5. The summed E-state index contributed by atoms with van der Waals surface area (Å²) in [7, 11) is -4.36. The van der Waals surface area contributed by atoms with Gasteiger partial charge >= 0.3 is 14.0 Å². The number of imidazole rings is 1. The van der Waals surface area contributed by atoms with Gasteiger partial charge in [0.1, 0.15) is 30.3 Å². The number of nitriles is 1. The first-order valence-corrected chi connectivity index (χ1v) is 11.3. The van der Waals surface area contributed by atoms with Crippen LogP contribution in [0.3, 0.4) is 0 Å². The highest BCUT2D eigenvalue weighted by molar-refractivity contribution is 7.48. The molecule has 0 radical (unpaired) electrons. The fraction of sp³-hybridized carbons (Fsp3) is 0.611. The first kappa shape index (κ1) is 23.5. The number of aromatic nitrogens is 4. The summed E-state index contributed by atoms with van der Waals surface area (Å²) in [5, 5.41) is 14.1. The molecule has 0 saturated carbocycles. The number of halogens is 1. The Balaban J connectivity index is 1.58. The number of phosphoric acid groups is 1. The Morgan fingerprint density at radius 2 is 2.24 bits per heavy atom. The van der Waals surface area contributed by atoms with E-state index in [1.54, 1.807) is 20.8 Å².